The zero-order chi connectivity index (χ0) is 22.4. The van der Waals surface area contributed by atoms with E-state index in [0.717, 1.165) is 63.9 Å². The second-order valence-corrected chi connectivity index (χ2v) is 8.46. The van der Waals surface area contributed by atoms with Crippen LogP contribution in [0.5, 0.6) is 0 Å². The van der Waals surface area contributed by atoms with Crippen molar-refractivity contribution >= 4 is 34.1 Å². The van der Waals surface area contributed by atoms with Crippen LogP contribution in [0, 0.1) is 13.8 Å². The summed E-state index contributed by atoms with van der Waals surface area (Å²) in [5.41, 5.74) is 6.77. The molecule has 5 aromatic rings. The van der Waals surface area contributed by atoms with E-state index in [1.54, 1.807) is 6.20 Å². The predicted molar refractivity (Wildman–Crippen MR) is 130 cm³/mol. The molecule has 5 heterocycles. The van der Waals surface area contributed by atoms with Gasteiger partial charge in [-0.2, -0.15) is 0 Å². The van der Waals surface area contributed by atoms with Crippen LogP contribution >= 0.6 is 0 Å². The fourth-order valence-corrected chi connectivity index (χ4v) is 4.31. The van der Waals surface area contributed by atoms with Gasteiger partial charge in [0.15, 0.2) is 0 Å². The molecule has 8 heteroatoms. The monoisotopic (exact) mass is 436 g/mol. The maximum Gasteiger partial charge on any atom is 0.227 e. The number of nitrogens with zero attached hydrogens (tertiary/aromatic N) is 7. The second kappa shape index (κ2) is 7.81. The van der Waals surface area contributed by atoms with Crippen molar-refractivity contribution in [2.45, 2.75) is 26.7 Å². The molecular weight excluding hydrogens is 412 g/mol. The molecule has 4 aromatic heterocycles. The third-order valence-electron chi connectivity index (χ3n) is 6.26. The number of imidazole rings is 1. The lowest BCUT2D eigenvalue weighted by atomic mass is 10.1. The number of nitrogens with one attached hydrogen (secondary N) is 1. The Kier molecular flexibility index (Phi) is 4.64. The Labute approximate surface area is 191 Å². The first kappa shape index (κ1) is 19.6. The summed E-state index contributed by atoms with van der Waals surface area (Å²) in [6, 6.07) is 12.1. The molecule has 0 bridgehead atoms. The van der Waals surface area contributed by atoms with Crippen molar-refractivity contribution in [2.24, 2.45) is 0 Å². The molecule has 33 heavy (non-hydrogen) atoms. The van der Waals surface area contributed by atoms with Crippen molar-refractivity contribution in [1.82, 2.24) is 29.3 Å². The summed E-state index contributed by atoms with van der Waals surface area (Å²) in [7, 11) is 0. The number of pyridine rings is 1. The molecule has 0 amide bonds. The largest absolute Gasteiger partial charge is 0.341 e. The van der Waals surface area contributed by atoms with Crippen molar-refractivity contribution in [3.63, 3.8) is 0 Å². The molecule has 1 aromatic carbocycles. The second-order valence-electron chi connectivity index (χ2n) is 8.46. The van der Waals surface area contributed by atoms with Crippen LogP contribution in [-0.2, 0) is 0 Å². The van der Waals surface area contributed by atoms with E-state index in [9.17, 15) is 0 Å². The fraction of sp³-hybridized carbons (Fsp3) is 0.240. The quantitative estimate of drug-likeness (QED) is 0.437. The van der Waals surface area contributed by atoms with Gasteiger partial charge in [-0.3, -0.25) is 0 Å². The SMILES string of the molecule is Cc1nc2ccc(Nc3nccc(-c4ccc5nc(N6CCCC6)ncc5c4)n3)cn2c1C. The molecule has 6 rings (SSSR count). The van der Waals surface area contributed by atoms with Gasteiger partial charge in [0, 0.05) is 48.3 Å². The first-order chi connectivity index (χ1) is 16.1. The normalized spacial score (nSPS) is 13.8. The summed E-state index contributed by atoms with van der Waals surface area (Å²) in [5, 5.41) is 4.32. The topological polar surface area (TPSA) is 84.1 Å². The van der Waals surface area contributed by atoms with Crippen LogP contribution in [0.15, 0.2) is 55.0 Å². The Morgan fingerprint density at radius 1 is 0.909 bits per heavy atom. The maximum absolute atomic E-state index is 4.76. The van der Waals surface area contributed by atoms with Gasteiger partial charge in [0.1, 0.15) is 5.65 Å². The summed E-state index contributed by atoms with van der Waals surface area (Å²) >= 11 is 0. The molecule has 1 aliphatic heterocycles. The molecule has 8 nitrogen and oxygen atoms in total. The molecule has 0 unspecified atom stereocenters. The van der Waals surface area contributed by atoms with Gasteiger partial charge in [-0.1, -0.05) is 6.07 Å². The lowest BCUT2D eigenvalue weighted by Crippen LogP contribution is -2.20. The Bertz CT molecular complexity index is 1480. The molecule has 1 fully saturated rings. The van der Waals surface area contributed by atoms with E-state index < -0.39 is 0 Å². The number of aromatic nitrogens is 6. The highest BCUT2D eigenvalue weighted by atomic mass is 15.3. The molecule has 0 aliphatic carbocycles. The summed E-state index contributed by atoms with van der Waals surface area (Å²) in [6.45, 7) is 6.15. The Morgan fingerprint density at radius 3 is 2.67 bits per heavy atom. The lowest BCUT2D eigenvalue weighted by Gasteiger charge is -2.15. The van der Waals surface area contributed by atoms with Crippen LogP contribution < -0.4 is 10.2 Å². The Hall–Kier alpha value is -4.07. The Morgan fingerprint density at radius 2 is 1.79 bits per heavy atom. The zero-order valence-corrected chi connectivity index (χ0v) is 18.7. The molecular formula is C25H24N8. The fourth-order valence-electron chi connectivity index (χ4n) is 4.31. The van der Waals surface area contributed by atoms with Gasteiger partial charge in [0.25, 0.3) is 0 Å². The zero-order valence-electron chi connectivity index (χ0n) is 18.7. The minimum Gasteiger partial charge on any atom is -0.341 e. The van der Waals surface area contributed by atoms with E-state index >= 15 is 0 Å². The average molecular weight is 437 g/mol. The standard InChI is InChI=1S/C25H24N8/c1-16-17(2)33-15-20(6-8-23(33)28-16)29-24-26-10-9-22(30-24)18-5-7-21-19(13-18)14-27-25(31-21)32-11-3-4-12-32/h5-10,13-15H,3-4,11-12H2,1-2H3,(H,26,29,30). The van der Waals surface area contributed by atoms with E-state index in [0.29, 0.717) is 5.95 Å². The number of hydrogen-bond acceptors (Lipinski definition) is 7. The highest BCUT2D eigenvalue weighted by Crippen LogP contribution is 2.25. The van der Waals surface area contributed by atoms with Crippen molar-refractivity contribution in [3.05, 3.63) is 66.4 Å². The van der Waals surface area contributed by atoms with Crippen molar-refractivity contribution in [3.8, 4) is 11.3 Å². The average Bonchev–Trinajstić information content (AvgIpc) is 3.48. The summed E-state index contributed by atoms with van der Waals surface area (Å²) in [4.78, 5) is 25.3. The van der Waals surface area contributed by atoms with Crippen LogP contribution in [0.4, 0.5) is 17.6 Å². The summed E-state index contributed by atoms with van der Waals surface area (Å²) < 4.78 is 2.07. The highest BCUT2D eigenvalue weighted by molar-refractivity contribution is 5.84. The molecule has 0 spiro atoms. The lowest BCUT2D eigenvalue weighted by molar-refractivity contribution is 0.907. The minimum absolute atomic E-state index is 0.544. The highest BCUT2D eigenvalue weighted by Gasteiger charge is 2.15. The Balaban J connectivity index is 1.28. The van der Waals surface area contributed by atoms with Crippen LogP contribution in [-0.4, -0.2) is 42.4 Å². The molecule has 1 aliphatic rings. The molecule has 0 radical (unpaired) electrons. The smallest absolute Gasteiger partial charge is 0.227 e. The van der Waals surface area contributed by atoms with Crippen LogP contribution in [0.25, 0.3) is 27.8 Å². The number of rotatable bonds is 4. The van der Waals surface area contributed by atoms with Gasteiger partial charge < -0.3 is 14.6 Å². The molecule has 1 saturated heterocycles. The van der Waals surface area contributed by atoms with Gasteiger partial charge in [-0.25, -0.2) is 24.9 Å². The number of fused-ring (bicyclic) bond motifs is 2. The van der Waals surface area contributed by atoms with Crippen molar-refractivity contribution < 1.29 is 0 Å². The minimum atomic E-state index is 0.544. The van der Waals surface area contributed by atoms with E-state index in [4.69, 9.17) is 9.97 Å². The van der Waals surface area contributed by atoms with Gasteiger partial charge in [0.05, 0.1) is 22.6 Å². The summed E-state index contributed by atoms with van der Waals surface area (Å²) in [6.07, 6.45) is 8.11. The van der Waals surface area contributed by atoms with E-state index in [-0.39, 0.29) is 0 Å². The predicted octanol–water partition coefficient (Wildman–Crippen LogP) is 4.70. The number of anilines is 3. The number of benzene rings is 1. The first-order valence-corrected chi connectivity index (χ1v) is 11.2. The van der Waals surface area contributed by atoms with E-state index in [1.807, 2.05) is 43.6 Å². The van der Waals surface area contributed by atoms with Crippen molar-refractivity contribution in [2.75, 3.05) is 23.3 Å². The molecule has 0 saturated carbocycles. The van der Waals surface area contributed by atoms with Crippen LogP contribution in [0.2, 0.25) is 0 Å². The van der Waals surface area contributed by atoms with Crippen molar-refractivity contribution in [1.29, 1.82) is 0 Å². The maximum atomic E-state index is 4.76. The van der Waals surface area contributed by atoms with Gasteiger partial charge in [-0.15, -0.1) is 0 Å². The summed E-state index contributed by atoms with van der Waals surface area (Å²) in [5.74, 6) is 1.36. The third-order valence-corrected chi connectivity index (χ3v) is 6.26. The van der Waals surface area contributed by atoms with Crippen LogP contribution in [0.1, 0.15) is 24.2 Å². The number of hydrogen-bond donors (Lipinski definition) is 1. The first-order valence-electron chi connectivity index (χ1n) is 11.2. The van der Waals surface area contributed by atoms with E-state index in [1.165, 1.54) is 12.8 Å². The third kappa shape index (κ3) is 3.63. The number of aryl methyl sites for hydroxylation is 2. The molecule has 0 atom stereocenters. The van der Waals surface area contributed by atoms with Crippen LogP contribution in [0.3, 0.4) is 0 Å². The van der Waals surface area contributed by atoms with Gasteiger partial charge in [0.2, 0.25) is 11.9 Å². The van der Waals surface area contributed by atoms with E-state index in [2.05, 4.69) is 48.6 Å². The van der Waals surface area contributed by atoms with Gasteiger partial charge >= 0.3 is 0 Å². The molecule has 1 N–H and O–H groups in total. The van der Waals surface area contributed by atoms with Gasteiger partial charge in [-0.05, 0) is 57.0 Å². The molecule has 164 valence electrons.